The van der Waals surface area contributed by atoms with Gasteiger partial charge < -0.3 is 17.1 Å². The molecule has 0 amide bonds. The van der Waals surface area contributed by atoms with Crippen molar-refractivity contribution in [2.75, 3.05) is 27.2 Å². The smallest absolute Gasteiger partial charge is 0.333 e. The van der Waals surface area contributed by atoms with Gasteiger partial charge in [0.15, 0.2) is 0 Å². The number of esters is 1. The van der Waals surface area contributed by atoms with Crippen LogP contribution in [-0.2, 0) is 9.53 Å². The molecule has 3 nitrogen and oxygen atoms in total. The number of nitrogens with zero attached hydrogens (tertiary/aromatic N) is 1. The highest BCUT2D eigenvalue weighted by Crippen LogP contribution is 2.18. The Balaban J connectivity index is 0.00000324. The lowest BCUT2D eigenvalue weighted by molar-refractivity contribution is -0.139. The monoisotopic (exact) mass is 283 g/mol. The minimum atomic E-state index is -0.306. The summed E-state index contributed by atoms with van der Waals surface area (Å²) >= 11 is 0. The standard InChI is InChI=1S/C15H22NO2.ClH/c1-13(2)15(17)18-12-8-11-16(3,4)14-9-6-5-7-10-14;/h5-7,9-10H,1,8,11-12H2,2-4H3;1H/q+1;/p-1. The van der Waals surface area contributed by atoms with Crippen LogP contribution in [0.3, 0.4) is 0 Å². The lowest BCUT2D eigenvalue weighted by Gasteiger charge is -2.29. The fourth-order valence-electron chi connectivity index (χ4n) is 1.71. The Bertz CT molecular complexity index is 415. The largest absolute Gasteiger partial charge is 1.00 e. The Morgan fingerprint density at radius 1 is 1.26 bits per heavy atom. The molecule has 106 valence electrons. The third-order valence-corrected chi connectivity index (χ3v) is 2.90. The molecule has 0 heterocycles. The van der Waals surface area contributed by atoms with Crippen LogP contribution >= 0.6 is 0 Å². The Kier molecular flexibility index (Phi) is 7.42. The van der Waals surface area contributed by atoms with Crippen molar-refractivity contribution in [2.24, 2.45) is 0 Å². The molecule has 0 radical (unpaired) electrons. The second-order valence-electron chi connectivity index (χ2n) is 5.01. The van der Waals surface area contributed by atoms with Crippen molar-refractivity contribution in [3.8, 4) is 0 Å². The molecule has 0 saturated heterocycles. The van der Waals surface area contributed by atoms with Gasteiger partial charge in [-0.3, -0.25) is 4.48 Å². The van der Waals surface area contributed by atoms with E-state index >= 15 is 0 Å². The SMILES string of the molecule is C=C(C)C(=O)OCCC[N+](C)(C)c1ccccc1.[Cl-]. The first-order valence-electron chi connectivity index (χ1n) is 6.15. The third kappa shape index (κ3) is 5.90. The first-order chi connectivity index (χ1) is 8.43. The van der Waals surface area contributed by atoms with Crippen molar-refractivity contribution < 1.29 is 21.9 Å². The number of ether oxygens (including phenoxy) is 1. The fraction of sp³-hybridized carbons (Fsp3) is 0.400. The molecular formula is C15H22ClNO2. The predicted molar refractivity (Wildman–Crippen MR) is 75.3 cm³/mol. The number of para-hydroxylation sites is 1. The predicted octanol–water partition coefficient (Wildman–Crippen LogP) is -0.233. The summed E-state index contributed by atoms with van der Waals surface area (Å²) in [4.78, 5) is 11.2. The first-order valence-corrected chi connectivity index (χ1v) is 6.15. The van der Waals surface area contributed by atoms with Crippen LogP contribution in [0.5, 0.6) is 0 Å². The van der Waals surface area contributed by atoms with Gasteiger partial charge in [0.1, 0.15) is 5.69 Å². The molecule has 0 aliphatic heterocycles. The van der Waals surface area contributed by atoms with E-state index in [9.17, 15) is 4.79 Å². The van der Waals surface area contributed by atoms with Crippen LogP contribution in [0.1, 0.15) is 13.3 Å². The highest BCUT2D eigenvalue weighted by atomic mass is 35.5. The van der Waals surface area contributed by atoms with Gasteiger partial charge in [-0.2, -0.15) is 0 Å². The van der Waals surface area contributed by atoms with E-state index in [1.807, 2.05) is 18.2 Å². The molecule has 0 spiro atoms. The fourth-order valence-corrected chi connectivity index (χ4v) is 1.71. The molecule has 0 bridgehead atoms. The van der Waals surface area contributed by atoms with Gasteiger partial charge in [0.05, 0.1) is 27.2 Å². The summed E-state index contributed by atoms with van der Waals surface area (Å²) in [5, 5.41) is 0. The van der Waals surface area contributed by atoms with Gasteiger partial charge in [-0.25, -0.2) is 4.79 Å². The summed E-state index contributed by atoms with van der Waals surface area (Å²) < 4.78 is 5.87. The summed E-state index contributed by atoms with van der Waals surface area (Å²) in [6.45, 7) is 6.58. The summed E-state index contributed by atoms with van der Waals surface area (Å²) in [7, 11) is 4.30. The highest BCUT2D eigenvalue weighted by molar-refractivity contribution is 5.86. The maximum Gasteiger partial charge on any atom is 0.333 e. The van der Waals surface area contributed by atoms with E-state index in [4.69, 9.17) is 4.74 Å². The van der Waals surface area contributed by atoms with Gasteiger partial charge in [0.25, 0.3) is 0 Å². The number of halogens is 1. The molecule has 4 heteroatoms. The topological polar surface area (TPSA) is 26.3 Å². The van der Waals surface area contributed by atoms with Gasteiger partial charge >= 0.3 is 5.97 Å². The second-order valence-corrected chi connectivity index (χ2v) is 5.01. The average molecular weight is 284 g/mol. The normalized spacial score (nSPS) is 10.5. The van der Waals surface area contributed by atoms with Crippen molar-refractivity contribution >= 4 is 11.7 Å². The lowest BCUT2D eigenvalue weighted by Crippen LogP contribution is -3.00. The maximum atomic E-state index is 11.2. The Hall–Kier alpha value is -1.32. The summed E-state index contributed by atoms with van der Waals surface area (Å²) in [6.07, 6.45) is 0.834. The zero-order chi connectivity index (χ0) is 13.6. The summed E-state index contributed by atoms with van der Waals surface area (Å²) in [5.74, 6) is -0.306. The van der Waals surface area contributed by atoms with Crippen LogP contribution in [0.15, 0.2) is 42.5 Å². The minimum absolute atomic E-state index is 0. The minimum Gasteiger partial charge on any atom is -1.00 e. The summed E-state index contributed by atoms with van der Waals surface area (Å²) in [6, 6.07) is 10.3. The van der Waals surface area contributed by atoms with E-state index in [0.717, 1.165) is 17.4 Å². The van der Waals surface area contributed by atoms with E-state index in [1.54, 1.807) is 6.92 Å². The van der Waals surface area contributed by atoms with Crippen molar-refractivity contribution in [1.29, 1.82) is 0 Å². The van der Waals surface area contributed by atoms with Crippen molar-refractivity contribution in [3.63, 3.8) is 0 Å². The average Bonchev–Trinajstić information content (AvgIpc) is 2.35. The van der Waals surface area contributed by atoms with Gasteiger partial charge in [-0.15, -0.1) is 0 Å². The third-order valence-electron chi connectivity index (χ3n) is 2.90. The van der Waals surface area contributed by atoms with Gasteiger partial charge in [0.2, 0.25) is 0 Å². The zero-order valence-corrected chi connectivity index (χ0v) is 12.6. The molecule has 0 unspecified atom stereocenters. The van der Waals surface area contributed by atoms with Crippen molar-refractivity contribution in [2.45, 2.75) is 13.3 Å². The molecule has 1 aromatic rings. The molecule has 0 atom stereocenters. The molecular weight excluding hydrogens is 262 g/mol. The lowest BCUT2D eigenvalue weighted by atomic mass is 10.2. The molecule has 0 aromatic heterocycles. The number of carbonyl (C=O) groups excluding carboxylic acids is 1. The van der Waals surface area contributed by atoms with Crippen LogP contribution in [0.25, 0.3) is 0 Å². The first kappa shape index (κ1) is 17.7. The van der Waals surface area contributed by atoms with Crippen LogP contribution in [0.4, 0.5) is 5.69 Å². The highest BCUT2D eigenvalue weighted by Gasteiger charge is 2.17. The van der Waals surface area contributed by atoms with E-state index in [0.29, 0.717) is 12.2 Å². The molecule has 0 aliphatic carbocycles. The Morgan fingerprint density at radius 2 is 1.84 bits per heavy atom. The Labute approximate surface area is 121 Å². The number of rotatable bonds is 6. The van der Waals surface area contributed by atoms with Crippen LogP contribution in [0.2, 0.25) is 0 Å². The molecule has 0 aliphatic rings. The molecule has 1 rings (SSSR count). The summed E-state index contributed by atoms with van der Waals surface area (Å²) in [5.41, 5.74) is 1.70. The van der Waals surface area contributed by atoms with Crippen LogP contribution in [0, 0.1) is 0 Å². The van der Waals surface area contributed by atoms with Crippen molar-refractivity contribution in [3.05, 3.63) is 42.5 Å². The van der Waals surface area contributed by atoms with Crippen LogP contribution < -0.4 is 16.9 Å². The quantitative estimate of drug-likeness (QED) is 0.312. The Morgan fingerprint density at radius 3 is 2.37 bits per heavy atom. The van der Waals surface area contributed by atoms with Gasteiger partial charge in [-0.05, 0) is 19.1 Å². The second kappa shape index (κ2) is 7.97. The number of hydrogen-bond acceptors (Lipinski definition) is 2. The maximum absolute atomic E-state index is 11.2. The molecule has 19 heavy (non-hydrogen) atoms. The van der Waals surface area contributed by atoms with E-state index < -0.39 is 0 Å². The van der Waals surface area contributed by atoms with Crippen LogP contribution in [-0.4, -0.2) is 33.2 Å². The van der Waals surface area contributed by atoms with Gasteiger partial charge in [0, 0.05) is 12.0 Å². The number of quaternary nitrogens is 1. The number of carbonyl (C=O) groups is 1. The van der Waals surface area contributed by atoms with E-state index in [-0.39, 0.29) is 18.4 Å². The van der Waals surface area contributed by atoms with E-state index in [2.05, 4.69) is 32.8 Å². The number of hydrogen-bond donors (Lipinski definition) is 0. The molecule has 0 fully saturated rings. The molecule has 0 N–H and O–H groups in total. The molecule has 1 aromatic carbocycles. The molecule has 0 saturated carbocycles. The van der Waals surface area contributed by atoms with Crippen molar-refractivity contribution in [1.82, 2.24) is 4.48 Å². The number of benzene rings is 1. The zero-order valence-electron chi connectivity index (χ0n) is 11.9. The van der Waals surface area contributed by atoms with E-state index in [1.165, 1.54) is 5.69 Å². The van der Waals surface area contributed by atoms with Gasteiger partial charge in [-0.1, -0.05) is 24.8 Å².